The molecular formula is C24H31N4O3+. The highest BCUT2D eigenvalue weighted by Gasteiger charge is 2.24. The first-order valence-corrected chi connectivity index (χ1v) is 10.9. The van der Waals surface area contributed by atoms with Crippen molar-refractivity contribution < 1.29 is 15.3 Å². The van der Waals surface area contributed by atoms with E-state index in [4.69, 9.17) is 4.74 Å². The van der Waals surface area contributed by atoms with Crippen molar-refractivity contribution in [2.24, 2.45) is 0 Å². The van der Waals surface area contributed by atoms with Crippen LogP contribution in [0.15, 0.2) is 59.4 Å². The van der Waals surface area contributed by atoms with E-state index in [0.29, 0.717) is 29.0 Å². The number of rotatable bonds is 11. The molecule has 4 N–H and O–H groups in total. The van der Waals surface area contributed by atoms with Crippen LogP contribution in [-0.4, -0.2) is 40.5 Å². The summed E-state index contributed by atoms with van der Waals surface area (Å²) in [7, 11) is 0. The summed E-state index contributed by atoms with van der Waals surface area (Å²) in [6.45, 7) is 3.33. The van der Waals surface area contributed by atoms with Gasteiger partial charge in [0.05, 0.1) is 23.5 Å². The predicted octanol–water partition coefficient (Wildman–Crippen LogP) is 2.69. The maximum absolute atomic E-state index is 13.1. The lowest BCUT2D eigenvalue weighted by Gasteiger charge is -2.29. The lowest BCUT2D eigenvalue weighted by molar-refractivity contribution is -0.368. The van der Waals surface area contributed by atoms with Crippen LogP contribution in [-0.2, 0) is 4.79 Å². The second kappa shape index (κ2) is 11.3. The van der Waals surface area contributed by atoms with Gasteiger partial charge in [0.25, 0.3) is 11.5 Å². The Labute approximate surface area is 182 Å². The number of fused-ring (bicyclic) bond motifs is 1. The van der Waals surface area contributed by atoms with E-state index in [9.17, 15) is 9.59 Å². The Morgan fingerprint density at radius 2 is 1.77 bits per heavy atom. The molecule has 1 atom stereocenters. The molecule has 3 rings (SSSR count). The number of hydrogen-bond donors (Lipinski definition) is 2. The molecule has 0 bridgehead atoms. The Balaban J connectivity index is 1.77. The Morgan fingerprint density at radius 1 is 1.06 bits per heavy atom. The number of amides is 1. The van der Waals surface area contributed by atoms with Crippen LogP contribution in [0.3, 0.4) is 0 Å². The quantitative estimate of drug-likeness (QED) is 0.463. The number of para-hydroxylation sites is 2. The number of unbranched alkanes of at least 4 members (excludes halogenated alkanes) is 3. The monoisotopic (exact) mass is 423 g/mol. The number of ether oxygens (including phenoxy) is 1. The van der Waals surface area contributed by atoms with E-state index < -0.39 is 0 Å². The molecule has 0 spiro atoms. The van der Waals surface area contributed by atoms with Gasteiger partial charge in [-0.2, -0.15) is 0 Å². The number of benzene rings is 2. The molecule has 0 saturated carbocycles. The third-order valence-electron chi connectivity index (χ3n) is 5.32. The summed E-state index contributed by atoms with van der Waals surface area (Å²) >= 11 is 0. The molecule has 7 nitrogen and oxygen atoms in total. The van der Waals surface area contributed by atoms with Crippen molar-refractivity contribution in [3.05, 3.63) is 70.8 Å². The van der Waals surface area contributed by atoms with Gasteiger partial charge in [0, 0.05) is 6.54 Å². The number of carbonyl (C=O) groups is 1. The summed E-state index contributed by atoms with van der Waals surface area (Å²) in [6.07, 6.45) is 4.07. The summed E-state index contributed by atoms with van der Waals surface area (Å²) in [5.41, 5.74) is 4.30. The van der Waals surface area contributed by atoms with Crippen LogP contribution in [0.25, 0.3) is 10.9 Å². The second-order valence-electron chi connectivity index (χ2n) is 7.60. The SMILES string of the molecule is C[C@H](c1nc2ccccc2c(=O)[nH]1)N(CCCCCC[NH3+])C(=O)COc1ccccc1. The number of H-pyrrole nitrogens is 1. The maximum Gasteiger partial charge on any atom is 0.261 e. The zero-order valence-electron chi connectivity index (χ0n) is 18.0. The van der Waals surface area contributed by atoms with Crippen molar-refractivity contribution >= 4 is 16.8 Å². The van der Waals surface area contributed by atoms with E-state index in [1.807, 2.05) is 55.5 Å². The molecule has 0 aliphatic heterocycles. The van der Waals surface area contributed by atoms with Crippen LogP contribution < -0.4 is 16.0 Å². The van der Waals surface area contributed by atoms with Gasteiger partial charge < -0.3 is 20.4 Å². The van der Waals surface area contributed by atoms with Gasteiger partial charge in [0.15, 0.2) is 6.61 Å². The van der Waals surface area contributed by atoms with Gasteiger partial charge in [0.1, 0.15) is 11.6 Å². The van der Waals surface area contributed by atoms with E-state index in [-0.39, 0.29) is 24.1 Å². The first-order chi connectivity index (χ1) is 15.1. The van der Waals surface area contributed by atoms with Crippen LogP contribution in [0.5, 0.6) is 5.75 Å². The van der Waals surface area contributed by atoms with E-state index in [1.54, 1.807) is 11.0 Å². The van der Waals surface area contributed by atoms with Crippen LogP contribution in [0, 0.1) is 0 Å². The Hall–Kier alpha value is -3.19. The molecule has 1 aromatic heterocycles. The summed E-state index contributed by atoms with van der Waals surface area (Å²) in [6, 6.07) is 16.1. The van der Waals surface area contributed by atoms with Gasteiger partial charge in [-0.05, 0) is 50.5 Å². The average molecular weight is 424 g/mol. The molecule has 0 aliphatic carbocycles. The van der Waals surface area contributed by atoms with E-state index in [1.165, 1.54) is 0 Å². The molecule has 164 valence electrons. The van der Waals surface area contributed by atoms with E-state index in [2.05, 4.69) is 15.7 Å². The number of hydrogen-bond acceptors (Lipinski definition) is 4. The highest BCUT2D eigenvalue weighted by molar-refractivity contribution is 5.79. The summed E-state index contributed by atoms with van der Waals surface area (Å²) in [5.74, 6) is 0.995. The lowest BCUT2D eigenvalue weighted by Crippen LogP contribution is -2.50. The summed E-state index contributed by atoms with van der Waals surface area (Å²) in [4.78, 5) is 34.8. The first kappa shape index (κ1) is 22.5. The van der Waals surface area contributed by atoms with Crippen molar-refractivity contribution in [2.45, 2.75) is 38.6 Å². The largest absolute Gasteiger partial charge is 0.484 e. The third-order valence-corrected chi connectivity index (χ3v) is 5.32. The molecule has 0 saturated heterocycles. The summed E-state index contributed by atoms with van der Waals surface area (Å²) in [5, 5.41) is 0.539. The highest BCUT2D eigenvalue weighted by atomic mass is 16.5. The number of aromatic nitrogens is 2. The number of quaternary nitrogens is 1. The highest BCUT2D eigenvalue weighted by Crippen LogP contribution is 2.20. The minimum absolute atomic E-state index is 0.0644. The Kier molecular flexibility index (Phi) is 8.18. The molecular weight excluding hydrogens is 392 g/mol. The lowest BCUT2D eigenvalue weighted by atomic mass is 10.1. The first-order valence-electron chi connectivity index (χ1n) is 10.9. The van der Waals surface area contributed by atoms with Crippen molar-refractivity contribution in [1.82, 2.24) is 14.9 Å². The normalized spacial score (nSPS) is 11.9. The molecule has 0 radical (unpaired) electrons. The second-order valence-corrected chi connectivity index (χ2v) is 7.60. The molecule has 3 aromatic rings. The molecule has 31 heavy (non-hydrogen) atoms. The van der Waals surface area contributed by atoms with Crippen molar-refractivity contribution in [3.63, 3.8) is 0 Å². The third kappa shape index (κ3) is 6.15. The smallest absolute Gasteiger partial charge is 0.261 e. The zero-order valence-corrected chi connectivity index (χ0v) is 18.0. The fourth-order valence-corrected chi connectivity index (χ4v) is 3.54. The topological polar surface area (TPSA) is 103 Å². The Bertz CT molecular complexity index is 1040. The Morgan fingerprint density at radius 3 is 2.55 bits per heavy atom. The van der Waals surface area contributed by atoms with Gasteiger partial charge >= 0.3 is 0 Å². The van der Waals surface area contributed by atoms with Gasteiger partial charge in [0.2, 0.25) is 0 Å². The van der Waals surface area contributed by atoms with Crippen molar-refractivity contribution in [2.75, 3.05) is 19.7 Å². The fraction of sp³-hybridized carbons (Fsp3) is 0.375. The minimum Gasteiger partial charge on any atom is -0.484 e. The molecule has 7 heteroatoms. The number of nitrogens with zero attached hydrogens (tertiary/aromatic N) is 2. The number of aromatic amines is 1. The van der Waals surface area contributed by atoms with Gasteiger partial charge in [-0.3, -0.25) is 9.59 Å². The van der Waals surface area contributed by atoms with Crippen molar-refractivity contribution in [3.8, 4) is 5.75 Å². The van der Waals surface area contributed by atoms with Crippen LogP contribution in [0.4, 0.5) is 0 Å². The van der Waals surface area contributed by atoms with E-state index in [0.717, 1.165) is 32.2 Å². The van der Waals surface area contributed by atoms with Gasteiger partial charge in [-0.15, -0.1) is 0 Å². The number of carbonyl (C=O) groups excluding carboxylic acids is 1. The predicted molar refractivity (Wildman–Crippen MR) is 121 cm³/mol. The molecule has 1 heterocycles. The molecule has 0 unspecified atom stereocenters. The van der Waals surface area contributed by atoms with Crippen molar-refractivity contribution in [1.29, 1.82) is 0 Å². The van der Waals surface area contributed by atoms with Gasteiger partial charge in [-0.1, -0.05) is 36.8 Å². The molecule has 0 aliphatic rings. The number of nitrogens with one attached hydrogen (secondary N) is 1. The van der Waals surface area contributed by atoms with E-state index >= 15 is 0 Å². The fourth-order valence-electron chi connectivity index (χ4n) is 3.54. The minimum atomic E-state index is -0.378. The maximum atomic E-state index is 13.1. The molecule has 1 amide bonds. The van der Waals surface area contributed by atoms with Crippen LogP contribution >= 0.6 is 0 Å². The standard InChI is InChI=1S/C24H30N4O3/c1-18(23-26-21-14-8-7-13-20(21)24(30)27-23)28(16-10-3-2-9-15-25)22(29)17-31-19-11-5-4-6-12-19/h4-8,11-14,18H,2-3,9-10,15-17,25H2,1H3,(H,26,27,30)/p+1/t18-/m1/s1. The van der Waals surface area contributed by atoms with Gasteiger partial charge in [-0.25, -0.2) is 4.98 Å². The average Bonchev–Trinajstić information content (AvgIpc) is 2.80. The molecule has 2 aromatic carbocycles. The van der Waals surface area contributed by atoms with Crippen LogP contribution in [0.1, 0.15) is 44.5 Å². The molecule has 0 fully saturated rings. The zero-order chi connectivity index (χ0) is 22.1. The summed E-state index contributed by atoms with van der Waals surface area (Å²) < 4.78 is 5.68. The van der Waals surface area contributed by atoms with Crippen LogP contribution in [0.2, 0.25) is 0 Å².